The Labute approximate surface area is 147 Å². The van der Waals surface area contributed by atoms with Gasteiger partial charge < -0.3 is 4.52 Å². The van der Waals surface area contributed by atoms with E-state index in [9.17, 15) is 21.6 Å². The van der Waals surface area contributed by atoms with E-state index in [2.05, 4.69) is 10.1 Å². The molecule has 0 fully saturated rings. The van der Waals surface area contributed by atoms with Gasteiger partial charge in [0.25, 0.3) is 6.43 Å². The van der Waals surface area contributed by atoms with Crippen LogP contribution in [-0.2, 0) is 9.84 Å². The third kappa shape index (κ3) is 3.34. The largest absolute Gasteiger partial charge is 0.354 e. The molecule has 0 aliphatic carbocycles. The van der Waals surface area contributed by atoms with Crippen LogP contribution in [0.1, 0.15) is 17.7 Å². The molecule has 1 aromatic carbocycles. The molecule has 0 aliphatic heterocycles. The maximum atomic E-state index is 14.2. The zero-order valence-electron chi connectivity index (χ0n) is 13.7. The average Bonchev–Trinajstić information content (AvgIpc) is 2.98. The molecule has 0 saturated heterocycles. The van der Waals surface area contributed by atoms with Crippen molar-refractivity contribution in [3.63, 3.8) is 0 Å². The predicted molar refractivity (Wildman–Crippen MR) is 87.9 cm³/mol. The fourth-order valence-electron chi connectivity index (χ4n) is 2.57. The van der Waals surface area contributed by atoms with E-state index < -0.39 is 32.7 Å². The molecule has 0 radical (unpaired) electrons. The van der Waals surface area contributed by atoms with Crippen LogP contribution in [0.5, 0.6) is 0 Å². The van der Waals surface area contributed by atoms with Crippen LogP contribution in [0, 0.1) is 12.7 Å². The van der Waals surface area contributed by atoms with Gasteiger partial charge in [-0.25, -0.2) is 21.6 Å². The van der Waals surface area contributed by atoms with Crippen molar-refractivity contribution in [2.24, 2.45) is 0 Å². The normalized spacial score (nSPS) is 11.9. The highest BCUT2D eigenvalue weighted by Crippen LogP contribution is 2.39. The minimum absolute atomic E-state index is 0.0305. The first-order valence-corrected chi connectivity index (χ1v) is 9.27. The summed E-state index contributed by atoms with van der Waals surface area (Å²) in [6.45, 7) is 1.77. The lowest BCUT2D eigenvalue weighted by molar-refractivity contribution is 0.113. The second-order valence-electron chi connectivity index (χ2n) is 5.74. The van der Waals surface area contributed by atoms with Crippen LogP contribution >= 0.6 is 0 Å². The fourth-order valence-corrected chi connectivity index (χ4v) is 3.30. The van der Waals surface area contributed by atoms with E-state index in [1.54, 1.807) is 19.2 Å². The second-order valence-corrected chi connectivity index (χ2v) is 7.72. The van der Waals surface area contributed by atoms with E-state index in [4.69, 9.17) is 4.52 Å². The minimum Gasteiger partial charge on any atom is -0.354 e. The molecule has 0 atom stereocenters. The number of halogens is 3. The van der Waals surface area contributed by atoms with Crippen molar-refractivity contribution in [3.05, 3.63) is 53.8 Å². The minimum atomic E-state index is -3.79. The van der Waals surface area contributed by atoms with Crippen LogP contribution in [0.2, 0.25) is 0 Å². The average molecular weight is 382 g/mol. The number of aryl methyl sites for hydroxylation is 1. The quantitative estimate of drug-likeness (QED) is 0.676. The Kier molecular flexibility index (Phi) is 4.57. The number of benzene rings is 1. The maximum Gasteiger partial charge on any atom is 0.298 e. The van der Waals surface area contributed by atoms with E-state index >= 15 is 0 Å². The van der Waals surface area contributed by atoms with Gasteiger partial charge in [0.2, 0.25) is 5.76 Å². The van der Waals surface area contributed by atoms with Gasteiger partial charge in [-0.2, -0.15) is 0 Å². The summed E-state index contributed by atoms with van der Waals surface area (Å²) in [6, 6.07) is 4.82. The molecule has 26 heavy (non-hydrogen) atoms. The molecule has 9 heteroatoms. The third-order valence-electron chi connectivity index (χ3n) is 3.69. The molecule has 3 rings (SSSR count). The Morgan fingerprint density at radius 2 is 1.85 bits per heavy atom. The molecule has 0 amide bonds. The molecule has 0 N–H and O–H groups in total. The molecule has 0 unspecified atom stereocenters. The molecule has 2 aromatic heterocycles. The molecule has 136 valence electrons. The number of alkyl halides is 2. The molecule has 0 saturated carbocycles. The molecule has 2 heterocycles. The number of hydrogen-bond donors (Lipinski definition) is 0. The van der Waals surface area contributed by atoms with Crippen LogP contribution < -0.4 is 0 Å². The zero-order valence-corrected chi connectivity index (χ0v) is 14.5. The monoisotopic (exact) mass is 382 g/mol. The Bertz CT molecular complexity index is 1080. The summed E-state index contributed by atoms with van der Waals surface area (Å²) in [6.07, 6.45) is 0.878. The highest BCUT2D eigenvalue weighted by atomic mass is 32.2. The van der Waals surface area contributed by atoms with Gasteiger partial charge in [-0.1, -0.05) is 11.2 Å². The van der Waals surface area contributed by atoms with Gasteiger partial charge in [0, 0.05) is 24.2 Å². The van der Waals surface area contributed by atoms with Gasteiger partial charge in [-0.3, -0.25) is 4.98 Å². The summed E-state index contributed by atoms with van der Waals surface area (Å²) < 4.78 is 68.8. The van der Waals surface area contributed by atoms with Crippen molar-refractivity contribution in [1.29, 1.82) is 0 Å². The van der Waals surface area contributed by atoms with E-state index in [1.807, 2.05) is 0 Å². The van der Waals surface area contributed by atoms with E-state index in [0.717, 1.165) is 24.0 Å². The van der Waals surface area contributed by atoms with Gasteiger partial charge in [0.15, 0.2) is 9.84 Å². The molecule has 0 bridgehead atoms. The van der Waals surface area contributed by atoms with Crippen molar-refractivity contribution >= 4 is 9.84 Å². The zero-order chi connectivity index (χ0) is 19.1. The maximum absolute atomic E-state index is 14.2. The summed E-state index contributed by atoms with van der Waals surface area (Å²) in [7, 11) is -3.79. The van der Waals surface area contributed by atoms with Gasteiger partial charge in [-0.05, 0) is 36.2 Å². The van der Waals surface area contributed by atoms with E-state index in [0.29, 0.717) is 5.56 Å². The van der Waals surface area contributed by atoms with Crippen molar-refractivity contribution in [2.45, 2.75) is 18.2 Å². The van der Waals surface area contributed by atoms with Crippen LogP contribution in [0.15, 0.2) is 46.1 Å². The number of sulfone groups is 1. The van der Waals surface area contributed by atoms with Gasteiger partial charge in [0.05, 0.1) is 5.56 Å². The summed E-state index contributed by atoms with van der Waals surface area (Å²) in [5.74, 6) is -1.77. The van der Waals surface area contributed by atoms with Crippen LogP contribution in [0.3, 0.4) is 0 Å². The van der Waals surface area contributed by atoms with Crippen molar-refractivity contribution in [1.82, 2.24) is 10.1 Å². The lowest BCUT2D eigenvalue weighted by Crippen LogP contribution is -2.01. The molecule has 3 aromatic rings. The first-order chi connectivity index (χ1) is 12.2. The summed E-state index contributed by atoms with van der Waals surface area (Å²) in [4.78, 5) is 3.47. The molecular formula is C17H13F3N2O3S. The van der Waals surface area contributed by atoms with Crippen molar-refractivity contribution in [3.8, 4) is 22.4 Å². The lowest BCUT2D eigenvalue weighted by atomic mass is 9.99. The summed E-state index contributed by atoms with van der Waals surface area (Å²) >= 11 is 0. The standard InChI is InChI=1S/C17H13F3N2O3S/c1-9-5-11(8-21-7-9)15-14(16(17(19)20)25-22-15)10-3-4-13(12(18)6-10)26(2,23)24/h3-8,17H,1-2H3. The first kappa shape index (κ1) is 18.1. The highest BCUT2D eigenvalue weighted by molar-refractivity contribution is 7.90. The molecule has 0 aliphatic rings. The van der Waals surface area contributed by atoms with Crippen LogP contribution in [0.4, 0.5) is 13.2 Å². The Balaban J connectivity index is 2.24. The molecular weight excluding hydrogens is 369 g/mol. The molecule has 0 spiro atoms. The Morgan fingerprint density at radius 1 is 1.12 bits per heavy atom. The number of aromatic nitrogens is 2. The van der Waals surface area contributed by atoms with Gasteiger partial charge in [0.1, 0.15) is 16.4 Å². The Hall–Kier alpha value is -2.68. The SMILES string of the molecule is Cc1cncc(-c2noc(C(F)F)c2-c2ccc(S(C)(=O)=O)c(F)c2)c1. The van der Waals surface area contributed by atoms with E-state index in [1.165, 1.54) is 12.3 Å². The summed E-state index contributed by atoms with van der Waals surface area (Å²) in [5.41, 5.74) is 1.19. The van der Waals surface area contributed by atoms with Gasteiger partial charge in [-0.15, -0.1) is 0 Å². The highest BCUT2D eigenvalue weighted by Gasteiger charge is 2.27. The van der Waals surface area contributed by atoms with Crippen LogP contribution in [-0.4, -0.2) is 24.8 Å². The smallest absolute Gasteiger partial charge is 0.298 e. The number of nitrogens with zero attached hydrogens (tertiary/aromatic N) is 2. The number of hydrogen-bond acceptors (Lipinski definition) is 5. The molecule has 5 nitrogen and oxygen atoms in total. The predicted octanol–water partition coefficient (Wildman–Crippen LogP) is 4.19. The third-order valence-corrected chi connectivity index (χ3v) is 4.82. The van der Waals surface area contributed by atoms with Gasteiger partial charge >= 0.3 is 0 Å². The van der Waals surface area contributed by atoms with Crippen molar-refractivity contribution in [2.75, 3.05) is 6.26 Å². The topological polar surface area (TPSA) is 73.1 Å². The lowest BCUT2D eigenvalue weighted by Gasteiger charge is -2.07. The number of rotatable bonds is 4. The second kappa shape index (κ2) is 6.56. The Morgan fingerprint density at radius 3 is 2.42 bits per heavy atom. The fraction of sp³-hybridized carbons (Fsp3) is 0.176. The van der Waals surface area contributed by atoms with Crippen LogP contribution in [0.25, 0.3) is 22.4 Å². The first-order valence-electron chi connectivity index (χ1n) is 7.38. The van der Waals surface area contributed by atoms with Crippen molar-refractivity contribution < 1.29 is 26.1 Å². The number of pyridine rings is 1. The summed E-state index contributed by atoms with van der Waals surface area (Å²) in [5, 5.41) is 3.69. The van der Waals surface area contributed by atoms with E-state index in [-0.39, 0.29) is 16.8 Å².